The fourth-order valence-electron chi connectivity index (χ4n) is 8.45. The number of ether oxygens (including phenoxy) is 3. The van der Waals surface area contributed by atoms with Crippen LogP contribution < -0.4 is 0 Å². The van der Waals surface area contributed by atoms with Crippen LogP contribution in [0.3, 0.4) is 0 Å². The molecule has 7 atom stereocenters. The summed E-state index contributed by atoms with van der Waals surface area (Å²) in [6.07, 6.45) is 17.1. The molecule has 3 heteroatoms. The molecule has 4 aliphatic carbocycles. The van der Waals surface area contributed by atoms with E-state index in [0.29, 0.717) is 12.2 Å². The molecule has 0 heterocycles. The van der Waals surface area contributed by atoms with Crippen molar-refractivity contribution in [1.29, 1.82) is 0 Å². The minimum absolute atomic E-state index is 0.0991. The lowest BCUT2D eigenvalue weighted by Gasteiger charge is -2.45. The summed E-state index contributed by atoms with van der Waals surface area (Å²) in [6, 6.07) is 0. The molecule has 0 N–H and O–H groups in total. The Morgan fingerprint density at radius 2 is 1.97 bits per heavy atom. The van der Waals surface area contributed by atoms with Crippen LogP contribution in [-0.2, 0) is 14.2 Å². The summed E-state index contributed by atoms with van der Waals surface area (Å²) in [5.74, 6) is 3.19. The first-order valence-corrected chi connectivity index (χ1v) is 13.7. The van der Waals surface area contributed by atoms with Gasteiger partial charge in [0, 0.05) is 19.6 Å². The molecule has 33 heavy (non-hydrogen) atoms. The van der Waals surface area contributed by atoms with Crippen molar-refractivity contribution in [2.75, 3.05) is 21.0 Å². The topological polar surface area (TPSA) is 27.7 Å². The van der Waals surface area contributed by atoms with Gasteiger partial charge in [0.15, 0.2) is 0 Å². The average molecular weight is 459 g/mol. The van der Waals surface area contributed by atoms with Gasteiger partial charge in [0.2, 0.25) is 0 Å². The first-order valence-electron chi connectivity index (χ1n) is 13.7. The van der Waals surface area contributed by atoms with Crippen molar-refractivity contribution in [2.45, 2.75) is 110 Å². The van der Waals surface area contributed by atoms with Crippen molar-refractivity contribution in [3.8, 4) is 0 Å². The smallest absolute Gasteiger partial charge is 0.147 e. The molecule has 0 spiro atoms. The number of hydrogen-bond acceptors (Lipinski definition) is 3. The monoisotopic (exact) mass is 458 g/mol. The summed E-state index contributed by atoms with van der Waals surface area (Å²) in [5, 5.41) is 0. The third-order valence-electron chi connectivity index (χ3n) is 10.5. The highest BCUT2D eigenvalue weighted by atomic mass is 16.7. The van der Waals surface area contributed by atoms with Crippen LogP contribution in [0.4, 0.5) is 0 Å². The molecule has 188 valence electrons. The van der Waals surface area contributed by atoms with E-state index in [0.717, 1.165) is 30.1 Å². The van der Waals surface area contributed by atoms with Gasteiger partial charge in [-0.2, -0.15) is 0 Å². The van der Waals surface area contributed by atoms with Gasteiger partial charge in [-0.25, -0.2) is 0 Å². The van der Waals surface area contributed by atoms with Crippen LogP contribution in [0.1, 0.15) is 98.3 Å². The maximum absolute atomic E-state index is 6.16. The van der Waals surface area contributed by atoms with Gasteiger partial charge in [0.25, 0.3) is 0 Å². The van der Waals surface area contributed by atoms with Gasteiger partial charge in [-0.05, 0) is 101 Å². The van der Waals surface area contributed by atoms with Crippen molar-refractivity contribution in [2.24, 2.45) is 34.5 Å². The van der Waals surface area contributed by atoms with Crippen LogP contribution >= 0.6 is 0 Å². The van der Waals surface area contributed by atoms with Crippen molar-refractivity contribution in [3.63, 3.8) is 0 Å². The minimum atomic E-state index is -0.0991. The summed E-state index contributed by atoms with van der Waals surface area (Å²) in [4.78, 5) is 0. The molecule has 0 aromatic heterocycles. The second kappa shape index (κ2) is 9.78. The van der Waals surface area contributed by atoms with E-state index in [-0.39, 0.29) is 17.1 Å². The van der Waals surface area contributed by atoms with Gasteiger partial charge in [-0.15, -0.1) is 0 Å². The van der Waals surface area contributed by atoms with Gasteiger partial charge in [0.1, 0.15) is 6.79 Å². The van der Waals surface area contributed by atoms with E-state index in [1.807, 2.05) is 7.11 Å². The van der Waals surface area contributed by atoms with Crippen molar-refractivity contribution in [3.05, 3.63) is 23.8 Å². The quantitative estimate of drug-likeness (QED) is 0.234. The summed E-state index contributed by atoms with van der Waals surface area (Å²) in [7, 11) is 3.63. The Morgan fingerprint density at radius 3 is 2.61 bits per heavy atom. The van der Waals surface area contributed by atoms with Crippen LogP contribution in [0.25, 0.3) is 0 Å². The second-order valence-corrected chi connectivity index (χ2v) is 12.8. The standard InChI is InChI=1S/C30H50O3/c1-21(10-8-16-28(3,4)33-20-31-6)25-14-15-26-23(11-9-17-29(25,26)5)18-27(32-7)30-19-24(30)13-12-22(30)2/h18,21,24-27H,2,8-17,19-20H2,1,3-7H3/b23-18+/t21-,24-,25-,26+,27-,29-,30+/m1/s1. The molecule has 0 amide bonds. The molecule has 4 saturated carbocycles. The molecule has 0 aliphatic heterocycles. The van der Waals surface area contributed by atoms with E-state index >= 15 is 0 Å². The number of hydrogen-bond donors (Lipinski definition) is 0. The van der Waals surface area contributed by atoms with Crippen LogP contribution in [-0.4, -0.2) is 32.7 Å². The summed E-state index contributed by atoms with van der Waals surface area (Å²) >= 11 is 0. The fourth-order valence-corrected chi connectivity index (χ4v) is 8.45. The lowest BCUT2D eigenvalue weighted by atomic mass is 9.60. The van der Waals surface area contributed by atoms with Gasteiger partial charge < -0.3 is 14.2 Å². The van der Waals surface area contributed by atoms with E-state index in [9.17, 15) is 0 Å². The number of allylic oxidation sites excluding steroid dienone is 1. The molecule has 3 nitrogen and oxygen atoms in total. The predicted molar refractivity (Wildman–Crippen MR) is 136 cm³/mol. The Bertz CT molecular complexity index is 739. The highest BCUT2D eigenvalue weighted by Crippen LogP contribution is 2.69. The molecule has 0 unspecified atom stereocenters. The Morgan fingerprint density at radius 1 is 1.18 bits per heavy atom. The Labute approximate surface area is 203 Å². The third kappa shape index (κ3) is 4.76. The number of methoxy groups -OCH3 is 2. The first kappa shape index (κ1) is 25.5. The average Bonchev–Trinajstić information content (AvgIpc) is 3.27. The Kier molecular flexibility index (Phi) is 7.54. The second-order valence-electron chi connectivity index (χ2n) is 12.8. The van der Waals surface area contributed by atoms with E-state index in [1.54, 1.807) is 12.7 Å². The SMILES string of the molecule is C=C1CC[C@@H]2C[C@]12[C@@H](/C=C1\CCC[C@]2(C)[C@@H]([C@H](C)CCCC(C)(C)OCOC)CC[C@@H]12)OC. The highest BCUT2D eigenvalue weighted by molar-refractivity contribution is 5.35. The lowest BCUT2D eigenvalue weighted by Crippen LogP contribution is -2.37. The van der Waals surface area contributed by atoms with E-state index in [4.69, 9.17) is 14.2 Å². The van der Waals surface area contributed by atoms with Crippen LogP contribution in [0.15, 0.2) is 23.8 Å². The van der Waals surface area contributed by atoms with Gasteiger partial charge in [-0.3, -0.25) is 0 Å². The molecule has 4 aliphatic rings. The molecule has 0 aromatic carbocycles. The van der Waals surface area contributed by atoms with Gasteiger partial charge >= 0.3 is 0 Å². The zero-order valence-electron chi connectivity index (χ0n) is 22.4. The zero-order chi connectivity index (χ0) is 23.9. The Balaban J connectivity index is 1.40. The Hall–Kier alpha value is -0.640. The zero-order valence-corrected chi connectivity index (χ0v) is 22.4. The third-order valence-corrected chi connectivity index (χ3v) is 10.5. The van der Waals surface area contributed by atoms with Crippen LogP contribution in [0.5, 0.6) is 0 Å². The molecular weight excluding hydrogens is 408 g/mol. The maximum atomic E-state index is 6.16. The van der Waals surface area contributed by atoms with E-state index in [2.05, 4.69) is 40.3 Å². The van der Waals surface area contributed by atoms with Gasteiger partial charge in [-0.1, -0.05) is 50.5 Å². The largest absolute Gasteiger partial charge is 0.376 e. The summed E-state index contributed by atoms with van der Waals surface area (Å²) in [5.41, 5.74) is 3.82. The molecular formula is C30H50O3. The summed E-state index contributed by atoms with van der Waals surface area (Å²) in [6.45, 7) is 14.4. The summed E-state index contributed by atoms with van der Waals surface area (Å²) < 4.78 is 17.1. The van der Waals surface area contributed by atoms with Crippen molar-refractivity contribution >= 4 is 0 Å². The number of fused-ring (bicyclic) bond motifs is 2. The lowest BCUT2D eigenvalue weighted by molar-refractivity contribution is -0.118. The molecule has 0 aromatic rings. The highest BCUT2D eigenvalue weighted by Gasteiger charge is 2.63. The van der Waals surface area contributed by atoms with Crippen LogP contribution in [0, 0.1) is 34.5 Å². The molecule has 0 radical (unpaired) electrons. The minimum Gasteiger partial charge on any atom is -0.376 e. The maximum Gasteiger partial charge on any atom is 0.147 e. The van der Waals surface area contributed by atoms with Crippen LogP contribution in [0.2, 0.25) is 0 Å². The van der Waals surface area contributed by atoms with Gasteiger partial charge in [0.05, 0.1) is 11.7 Å². The van der Waals surface area contributed by atoms with Crippen molar-refractivity contribution in [1.82, 2.24) is 0 Å². The van der Waals surface area contributed by atoms with Crippen molar-refractivity contribution < 1.29 is 14.2 Å². The number of rotatable bonds is 11. The molecule has 0 bridgehead atoms. The predicted octanol–water partition coefficient (Wildman–Crippen LogP) is 7.71. The van der Waals surface area contributed by atoms with E-state index < -0.39 is 0 Å². The molecule has 4 fully saturated rings. The fraction of sp³-hybridized carbons (Fsp3) is 0.867. The van der Waals surface area contributed by atoms with E-state index in [1.165, 1.54) is 69.8 Å². The molecule has 0 saturated heterocycles. The first-order chi connectivity index (χ1) is 15.7. The normalized spacial score (nSPS) is 38.9. The molecule has 4 rings (SSSR count).